The average molecular weight is 366 g/mol. The van der Waals surface area contributed by atoms with E-state index < -0.39 is 19.9 Å². The summed E-state index contributed by atoms with van der Waals surface area (Å²) in [6, 6.07) is 9.21. The van der Waals surface area contributed by atoms with Crippen molar-refractivity contribution in [2.24, 2.45) is 0 Å². The van der Waals surface area contributed by atoms with Gasteiger partial charge in [-0.05, 0) is 36.6 Å². The highest BCUT2D eigenvalue weighted by Gasteiger charge is 2.39. The molecule has 3 rings (SSSR count). The average Bonchev–Trinajstić information content (AvgIpc) is 3.37. The van der Waals surface area contributed by atoms with Crippen molar-refractivity contribution in [3.8, 4) is 0 Å². The maximum absolute atomic E-state index is 13.1. The first-order valence-electron chi connectivity index (χ1n) is 7.50. The van der Waals surface area contributed by atoms with Crippen LogP contribution in [0.2, 0.25) is 0 Å². The van der Waals surface area contributed by atoms with Crippen molar-refractivity contribution in [1.82, 2.24) is 9.29 Å². The Kier molecular flexibility index (Phi) is 4.46. The molecule has 1 aliphatic carbocycles. The van der Waals surface area contributed by atoms with Crippen molar-refractivity contribution in [2.75, 3.05) is 6.26 Å². The highest BCUT2D eigenvalue weighted by Crippen LogP contribution is 2.35. The Labute approximate surface area is 142 Å². The zero-order chi connectivity index (χ0) is 17.4. The first-order valence-corrected chi connectivity index (χ1v) is 10.8. The van der Waals surface area contributed by atoms with Crippen molar-refractivity contribution in [2.45, 2.75) is 35.2 Å². The Hall–Kier alpha value is -1.77. The van der Waals surface area contributed by atoms with E-state index in [9.17, 15) is 16.8 Å². The molecule has 1 heterocycles. The molecule has 24 heavy (non-hydrogen) atoms. The van der Waals surface area contributed by atoms with Gasteiger partial charge in [-0.3, -0.25) is 4.98 Å². The van der Waals surface area contributed by atoms with Crippen molar-refractivity contribution in [1.29, 1.82) is 0 Å². The molecule has 1 fully saturated rings. The van der Waals surface area contributed by atoms with Gasteiger partial charge in [-0.1, -0.05) is 18.2 Å². The van der Waals surface area contributed by atoms with Crippen LogP contribution in [0.4, 0.5) is 0 Å². The highest BCUT2D eigenvalue weighted by molar-refractivity contribution is 7.93. The van der Waals surface area contributed by atoms with Gasteiger partial charge in [0.05, 0.1) is 4.90 Å². The predicted octanol–water partition coefficient (Wildman–Crippen LogP) is 1.84. The SMILES string of the molecule is CS(=O)(=O)c1ccccc1S(=O)(=O)N(Cc1cccnc1)C1CC1. The lowest BCUT2D eigenvalue weighted by atomic mass is 10.3. The van der Waals surface area contributed by atoms with Gasteiger partial charge in [-0.15, -0.1) is 0 Å². The molecule has 0 radical (unpaired) electrons. The molecular weight excluding hydrogens is 348 g/mol. The lowest BCUT2D eigenvalue weighted by Crippen LogP contribution is -2.33. The Morgan fingerprint density at radius 1 is 1.04 bits per heavy atom. The zero-order valence-electron chi connectivity index (χ0n) is 13.2. The second-order valence-corrected chi connectivity index (χ2v) is 9.70. The maximum atomic E-state index is 13.1. The summed E-state index contributed by atoms with van der Waals surface area (Å²) in [5.41, 5.74) is 0.768. The third-order valence-electron chi connectivity index (χ3n) is 3.85. The molecule has 2 aromatic rings. The summed E-state index contributed by atoms with van der Waals surface area (Å²) in [5.74, 6) is 0. The van der Waals surface area contributed by atoms with Gasteiger partial charge < -0.3 is 0 Å². The van der Waals surface area contributed by atoms with Crippen molar-refractivity contribution in [3.63, 3.8) is 0 Å². The third kappa shape index (κ3) is 3.50. The monoisotopic (exact) mass is 366 g/mol. The number of sulfone groups is 1. The minimum Gasteiger partial charge on any atom is -0.264 e. The second kappa shape index (κ2) is 6.27. The van der Waals surface area contributed by atoms with Crippen LogP contribution in [0, 0.1) is 0 Å². The number of benzene rings is 1. The lowest BCUT2D eigenvalue weighted by Gasteiger charge is -2.23. The molecule has 1 aromatic heterocycles. The molecule has 0 aliphatic heterocycles. The summed E-state index contributed by atoms with van der Waals surface area (Å²) in [6.45, 7) is 0.180. The van der Waals surface area contributed by atoms with Crippen LogP contribution in [-0.4, -0.2) is 38.4 Å². The van der Waals surface area contributed by atoms with Crippen LogP contribution in [0.15, 0.2) is 58.6 Å². The van der Waals surface area contributed by atoms with Gasteiger partial charge in [0.2, 0.25) is 10.0 Å². The van der Waals surface area contributed by atoms with Gasteiger partial charge >= 0.3 is 0 Å². The highest BCUT2D eigenvalue weighted by atomic mass is 32.2. The number of aromatic nitrogens is 1. The Bertz CT molecular complexity index is 937. The fourth-order valence-electron chi connectivity index (χ4n) is 2.54. The smallest absolute Gasteiger partial charge is 0.244 e. The molecule has 1 aromatic carbocycles. The fraction of sp³-hybridized carbons (Fsp3) is 0.312. The van der Waals surface area contributed by atoms with Crippen LogP contribution in [0.1, 0.15) is 18.4 Å². The number of hydrogen-bond acceptors (Lipinski definition) is 5. The van der Waals surface area contributed by atoms with Gasteiger partial charge in [0.25, 0.3) is 0 Å². The number of nitrogens with zero attached hydrogens (tertiary/aromatic N) is 2. The van der Waals surface area contributed by atoms with E-state index in [1.165, 1.54) is 28.6 Å². The molecule has 0 atom stereocenters. The molecule has 0 unspecified atom stereocenters. The Balaban J connectivity index is 2.05. The fourth-order valence-corrected chi connectivity index (χ4v) is 5.82. The van der Waals surface area contributed by atoms with E-state index in [0.717, 1.165) is 24.7 Å². The number of sulfonamides is 1. The molecule has 0 bridgehead atoms. The molecule has 0 saturated heterocycles. The van der Waals surface area contributed by atoms with E-state index in [2.05, 4.69) is 4.98 Å². The van der Waals surface area contributed by atoms with Gasteiger partial charge in [0.15, 0.2) is 9.84 Å². The molecule has 1 aliphatic rings. The molecule has 6 nitrogen and oxygen atoms in total. The van der Waals surface area contributed by atoms with Gasteiger partial charge in [-0.25, -0.2) is 16.8 Å². The van der Waals surface area contributed by atoms with Gasteiger partial charge in [-0.2, -0.15) is 4.31 Å². The Morgan fingerprint density at radius 3 is 2.25 bits per heavy atom. The summed E-state index contributed by atoms with van der Waals surface area (Å²) < 4.78 is 51.6. The molecule has 8 heteroatoms. The quantitative estimate of drug-likeness (QED) is 0.779. The van der Waals surface area contributed by atoms with Gasteiger partial charge in [0.1, 0.15) is 4.90 Å². The topological polar surface area (TPSA) is 84.4 Å². The van der Waals surface area contributed by atoms with E-state index >= 15 is 0 Å². The van der Waals surface area contributed by atoms with Crippen molar-refractivity contribution < 1.29 is 16.8 Å². The standard InChI is InChI=1S/C16H18N2O4S2/c1-23(19,20)15-6-2-3-7-16(15)24(21,22)18(14-8-9-14)12-13-5-4-10-17-11-13/h2-7,10-11,14H,8-9,12H2,1H3. The van der Waals surface area contributed by atoms with E-state index in [1.807, 2.05) is 0 Å². The summed E-state index contributed by atoms with van der Waals surface area (Å²) >= 11 is 0. The van der Waals surface area contributed by atoms with Crippen LogP contribution in [0.5, 0.6) is 0 Å². The van der Waals surface area contributed by atoms with Crippen LogP contribution >= 0.6 is 0 Å². The molecule has 0 spiro atoms. The molecular formula is C16H18N2O4S2. The minimum absolute atomic E-state index is 0.0946. The summed E-state index contributed by atoms with van der Waals surface area (Å²) in [6.07, 6.45) is 5.82. The minimum atomic E-state index is -3.92. The van der Waals surface area contributed by atoms with E-state index in [1.54, 1.807) is 24.5 Å². The predicted molar refractivity (Wildman–Crippen MR) is 89.5 cm³/mol. The van der Waals surface area contributed by atoms with Crippen molar-refractivity contribution in [3.05, 3.63) is 54.4 Å². The number of hydrogen-bond donors (Lipinski definition) is 0. The van der Waals surface area contributed by atoms with Crippen LogP contribution in [0.3, 0.4) is 0 Å². The van der Waals surface area contributed by atoms with Crippen molar-refractivity contribution >= 4 is 19.9 Å². The van der Waals surface area contributed by atoms with E-state index in [0.29, 0.717) is 0 Å². The van der Waals surface area contributed by atoms with E-state index in [4.69, 9.17) is 0 Å². The molecule has 0 amide bonds. The largest absolute Gasteiger partial charge is 0.264 e. The summed E-state index contributed by atoms with van der Waals surface area (Å²) in [4.78, 5) is 3.68. The first-order chi connectivity index (χ1) is 11.3. The third-order valence-corrected chi connectivity index (χ3v) is 7.09. The maximum Gasteiger partial charge on any atom is 0.244 e. The molecule has 128 valence electrons. The Morgan fingerprint density at radius 2 is 1.71 bits per heavy atom. The van der Waals surface area contributed by atoms with Gasteiger partial charge in [0, 0.05) is 31.2 Å². The molecule has 0 N–H and O–H groups in total. The zero-order valence-corrected chi connectivity index (χ0v) is 14.8. The lowest BCUT2D eigenvalue weighted by molar-refractivity contribution is 0.397. The van der Waals surface area contributed by atoms with Crippen LogP contribution in [-0.2, 0) is 26.4 Å². The second-order valence-electron chi connectivity index (χ2n) is 5.86. The van der Waals surface area contributed by atoms with Crippen LogP contribution in [0.25, 0.3) is 0 Å². The van der Waals surface area contributed by atoms with Crippen LogP contribution < -0.4 is 0 Å². The summed E-state index contributed by atoms with van der Waals surface area (Å²) in [5, 5.41) is 0. The normalized spacial score (nSPS) is 15.6. The summed E-state index contributed by atoms with van der Waals surface area (Å²) in [7, 11) is -7.57. The number of pyridine rings is 1. The first kappa shape index (κ1) is 17.1. The molecule has 1 saturated carbocycles. The number of rotatable bonds is 6. The van der Waals surface area contributed by atoms with E-state index in [-0.39, 0.29) is 22.4 Å².